The number of fused-ring (bicyclic) bond motifs is 1. The summed E-state index contributed by atoms with van der Waals surface area (Å²) in [7, 11) is 0. The number of carboxylic acids is 1. The molecule has 0 saturated carbocycles. The number of carbonyl (C=O) groups excluding carboxylic acids is 1. The molecule has 0 unspecified atom stereocenters. The molecule has 0 bridgehead atoms. The molecule has 1 heterocycles. The van der Waals surface area contributed by atoms with E-state index < -0.39 is 23.8 Å². The van der Waals surface area contributed by atoms with E-state index in [9.17, 15) is 40.2 Å². The number of phenolic OH excluding ortho intramolecular Hbond substituents is 5. The first-order valence-electron chi connectivity index (χ1n) is 10.5. The smallest absolute Gasteiger partial charge is 0.345 e. The summed E-state index contributed by atoms with van der Waals surface area (Å²) in [6.07, 6.45) is 0.600. The second-order valence-electron chi connectivity index (χ2n) is 7.86. The number of hydrogen-bond donors (Lipinski definition) is 6. The molecule has 0 amide bonds. The van der Waals surface area contributed by atoms with Crippen LogP contribution < -0.4 is 0 Å². The van der Waals surface area contributed by atoms with Gasteiger partial charge in [-0.05, 0) is 59.7 Å². The van der Waals surface area contributed by atoms with Crippen molar-refractivity contribution in [2.75, 3.05) is 0 Å². The van der Waals surface area contributed by atoms with Crippen molar-refractivity contribution >= 4 is 29.0 Å². The summed E-state index contributed by atoms with van der Waals surface area (Å²) in [5.74, 6) is -3.68. The number of carbonyl (C=O) groups is 2. The first-order valence-corrected chi connectivity index (χ1v) is 10.5. The summed E-state index contributed by atoms with van der Waals surface area (Å²) in [5, 5.41) is 58.3. The van der Waals surface area contributed by atoms with Crippen molar-refractivity contribution in [1.29, 1.82) is 0 Å². The van der Waals surface area contributed by atoms with E-state index in [2.05, 4.69) is 0 Å². The van der Waals surface area contributed by atoms with Gasteiger partial charge in [0.1, 0.15) is 5.76 Å². The average molecular weight is 492 g/mol. The van der Waals surface area contributed by atoms with E-state index in [0.717, 1.165) is 6.08 Å². The van der Waals surface area contributed by atoms with E-state index in [1.165, 1.54) is 54.6 Å². The summed E-state index contributed by atoms with van der Waals surface area (Å²) in [6.45, 7) is 0. The Bertz CT molecular complexity index is 1500. The van der Waals surface area contributed by atoms with Gasteiger partial charge in [-0.1, -0.05) is 12.1 Å². The predicted molar refractivity (Wildman–Crippen MR) is 127 cm³/mol. The van der Waals surface area contributed by atoms with Crippen molar-refractivity contribution in [1.82, 2.24) is 0 Å². The van der Waals surface area contributed by atoms with E-state index in [1.807, 2.05) is 0 Å². The van der Waals surface area contributed by atoms with Crippen LogP contribution in [-0.2, 0) is 20.7 Å². The number of carboxylic acid groups (broad SMARTS) is 1. The minimum atomic E-state index is -1.55. The first-order chi connectivity index (χ1) is 17.1. The lowest BCUT2D eigenvalue weighted by Gasteiger charge is -2.13. The standard InChI is InChI=1S/C26H20O10/c27-17-5-1-13(9-20(17)30)10-23(26(33)34)35-24(32)8-4-14-2-7-19(29)25-16(14)12-22(36-25)15-3-6-18(28)21(31)11-15/h1-9,11-12,23,27-31H,10H2,(H,33,34)/b8-4+/t23-/m1/s1. The highest BCUT2D eigenvalue weighted by Crippen LogP contribution is 2.38. The highest BCUT2D eigenvalue weighted by molar-refractivity contribution is 5.97. The Morgan fingerprint density at radius 2 is 1.50 bits per heavy atom. The topological polar surface area (TPSA) is 178 Å². The van der Waals surface area contributed by atoms with Gasteiger partial charge in [-0.25, -0.2) is 9.59 Å². The van der Waals surface area contributed by atoms with Crippen molar-refractivity contribution in [2.45, 2.75) is 12.5 Å². The fourth-order valence-corrected chi connectivity index (χ4v) is 3.52. The molecule has 3 aromatic carbocycles. The van der Waals surface area contributed by atoms with Gasteiger partial charge in [-0.2, -0.15) is 0 Å². The molecular formula is C26H20O10. The van der Waals surface area contributed by atoms with Crippen LogP contribution in [0, 0.1) is 0 Å². The second kappa shape index (κ2) is 9.63. The molecule has 0 aliphatic carbocycles. The van der Waals surface area contributed by atoms with Crippen LogP contribution >= 0.6 is 0 Å². The van der Waals surface area contributed by atoms with Crippen molar-refractivity contribution in [3.8, 4) is 40.1 Å². The molecule has 4 rings (SSSR count). The lowest BCUT2D eigenvalue weighted by atomic mass is 10.1. The maximum Gasteiger partial charge on any atom is 0.345 e. The minimum Gasteiger partial charge on any atom is -0.504 e. The fourth-order valence-electron chi connectivity index (χ4n) is 3.52. The van der Waals surface area contributed by atoms with Gasteiger partial charge in [-0.3, -0.25) is 0 Å². The number of aromatic hydroxyl groups is 5. The Morgan fingerprint density at radius 3 is 2.17 bits per heavy atom. The molecule has 10 heteroatoms. The monoisotopic (exact) mass is 492 g/mol. The number of esters is 1. The average Bonchev–Trinajstić information content (AvgIpc) is 3.29. The number of furan rings is 1. The zero-order valence-electron chi connectivity index (χ0n) is 18.5. The molecule has 0 spiro atoms. The third kappa shape index (κ3) is 5.02. The quantitative estimate of drug-likeness (QED) is 0.126. The van der Waals surface area contributed by atoms with Gasteiger partial charge in [-0.15, -0.1) is 0 Å². The molecule has 10 nitrogen and oxygen atoms in total. The van der Waals surface area contributed by atoms with Gasteiger partial charge < -0.3 is 39.8 Å². The van der Waals surface area contributed by atoms with E-state index in [0.29, 0.717) is 22.1 Å². The maximum atomic E-state index is 12.4. The lowest BCUT2D eigenvalue weighted by molar-refractivity contribution is -0.160. The molecule has 0 fully saturated rings. The number of aliphatic carboxylic acids is 1. The Morgan fingerprint density at radius 1 is 0.833 bits per heavy atom. The summed E-state index contributed by atoms with van der Waals surface area (Å²) in [5.41, 5.74) is 1.33. The van der Waals surface area contributed by atoms with Crippen LogP contribution in [0.25, 0.3) is 28.4 Å². The summed E-state index contributed by atoms with van der Waals surface area (Å²) in [4.78, 5) is 23.9. The number of phenols is 5. The molecule has 0 aliphatic heterocycles. The maximum absolute atomic E-state index is 12.4. The zero-order valence-corrected chi connectivity index (χ0v) is 18.5. The van der Waals surface area contributed by atoms with E-state index in [1.54, 1.807) is 6.07 Å². The van der Waals surface area contributed by atoms with Gasteiger partial charge in [0.2, 0.25) is 6.10 Å². The minimum absolute atomic E-state index is 0.114. The molecule has 36 heavy (non-hydrogen) atoms. The van der Waals surface area contributed by atoms with Crippen LogP contribution in [0.5, 0.6) is 28.7 Å². The Balaban J connectivity index is 1.56. The van der Waals surface area contributed by atoms with Gasteiger partial charge in [0, 0.05) is 23.4 Å². The number of rotatable bonds is 7. The van der Waals surface area contributed by atoms with E-state index in [4.69, 9.17) is 9.15 Å². The van der Waals surface area contributed by atoms with Crippen LogP contribution in [-0.4, -0.2) is 48.7 Å². The van der Waals surface area contributed by atoms with E-state index in [-0.39, 0.29) is 40.8 Å². The second-order valence-corrected chi connectivity index (χ2v) is 7.86. The highest BCUT2D eigenvalue weighted by atomic mass is 16.6. The zero-order chi connectivity index (χ0) is 26.0. The van der Waals surface area contributed by atoms with Gasteiger partial charge >= 0.3 is 11.9 Å². The molecular weight excluding hydrogens is 472 g/mol. The third-order valence-electron chi connectivity index (χ3n) is 5.35. The lowest BCUT2D eigenvalue weighted by Crippen LogP contribution is -2.28. The number of ether oxygens (including phenoxy) is 1. The van der Waals surface area contributed by atoms with Crippen LogP contribution in [0.1, 0.15) is 11.1 Å². The highest BCUT2D eigenvalue weighted by Gasteiger charge is 2.22. The SMILES string of the molecule is O=C(/C=C/c1ccc(O)c2oc(-c3ccc(O)c(O)c3)cc12)O[C@H](Cc1ccc(O)c(O)c1)C(=O)O. The largest absolute Gasteiger partial charge is 0.504 e. The van der Waals surface area contributed by atoms with Gasteiger partial charge in [0.05, 0.1) is 0 Å². The molecule has 0 aliphatic rings. The molecule has 4 aromatic rings. The van der Waals surface area contributed by atoms with E-state index >= 15 is 0 Å². The molecule has 6 N–H and O–H groups in total. The van der Waals surface area contributed by atoms with Crippen molar-refractivity contribution in [3.63, 3.8) is 0 Å². The summed E-state index contributed by atoms with van der Waals surface area (Å²) < 4.78 is 10.7. The number of benzene rings is 3. The first kappa shape index (κ1) is 24.0. The third-order valence-corrected chi connectivity index (χ3v) is 5.35. The Hall–Kier alpha value is -5.12. The number of hydrogen-bond acceptors (Lipinski definition) is 9. The Labute approximate surface area is 203 Å². The van der Waals surface area contributed by atoms with Crippen molar-refractivity contribution < 1.29 is 49.4 Å². The van der Waals surface area contributed by atoms with Gasteiger partial charge in [0.15, 0.2) is 34.3 Å². The molecule has 0 saturated heterocycles. The molecule has 184 valence electrons. The molecule has 0 radical (unpaired) electrons. The van der Waals surface area contributed by atoms with Crippen molar-refractivity contribution in [2.24, 2.45) is 0 Å². The van der Waals surface area contributed by atoms with Crippen molar-refractivity contribution in [3.05, 3.63) is 71.8 Å². The van der Waals surface area contributed by atoms with Gasteiger partial charge in [0.25, 0.3) is 0 Å². The van der Waals surface area contributed by atoms with Crippen LogP contribution in [0.15, 0.2) is 65.1 Å². The molecule has 1 aromatic heterocycles. The molecule has 1 atom stereocenters. The normalized spacial score (nSPS) is 12.1. The van der Waals surface area contributed by atoms with Crippen LogP contribution in [0.4, 0.5) is 0 Å². The fraction of sp³-hybridized carbons (Fsp3) is 0.0769. The predicted octanol–water partition coefficient (Wildman–Crippen LogP) is 3.88. The Kier molecular flexibility index (Phi) is 6.42. The summed E-state index contributed by atoms with van der Waals surface area (Å²) in [6, 6.07) is 12.3. The van der Waals surface area contributed by atoms with Crippen LogP contribution in [0.3, 0.4) is 0 Å². The van der Waals surface area contributed by atoms with Crippen LogP contribution in [0.2, 0.25) is 0 Å². The summed E-state index contributed by atoms with van der Waals surface area (Å²) >= 11 is 0.